The van der Waals surface area contributed by atoms with Crippen molar-refractivity contribution in [2.45, 2.75) is 6.92 Å². The number of para-hydroxylation sites is 1. The molecule has 0 saturated heterocycles. The molecule has 0 aliphatic heterocycles. The van der Waals surface area contributed by atoms with Crippen LogP contribution in [0.15, 0.2) is 60.2 Å². The zero-order chi connectivity index (χ0) is 22.4. The number of aromatic hydroxyl groups is 1. The van der Waals surface area contributed by atoms with Crippen LogP contribution in [0.25, 0.3) is 16.7 Å². The Morgan fingerprint density at radius 3 is 2.39 bits per heavy atom. The highest BCUT2D eigenvalue weighted by Crippen LogP contribution is 2.30. The number of hydrogen-bond acceptors (Lipinski definition) is 5. The van der Waals surface area contributed by atoms with Gasteiger partial charge in [-0.15, -0.1) is 0 Å². The Balaban J connectivity index is 1.88. The lowest BCUT2D eigenvalue weighted by Crippen LogP contribution is -2.31. The van der Waals surface area contributed by atoms with Crippen LogP contribution in [0.1, 0.15) is 11.1 Å². The van der Waals surface area contributed by atoms with Crippen LogP contribution < -0.4 is 16.9 Å². The van der Waals surface area contributed by atoms with Crippen molar-refractivity contribution < 1.29 is 5.11 Å². The quantitative estimate of drug-likeness (QED) is 0.434. The Kier molecular flexibility index (Phi) is 5.02. The maximum Gasteiger partial charge on any atom is 0.335 e. The van der Waals surface area contributed by atoms with E-state index in [1.165, 1.54) is 15.3 Å². The van der Waals surface area contributed by atoms with Gasteiger partial charge in [-0.3, -0.25) is 23.9 Å². The van der Waals surface area contributed by atoms with Crippen LogP contribution in [0.3, 0.4) is 0 Å². The minimum atomic E-state index is -0.764. The lowest BCUT2D eigenvalue weighted by molar-refractivity contribution is 0.430. The van der Waals surface area contributed by atoms with Crippen molar-refractivity contribution in [1.29, 1.82) is 0 Å². The maximum atomic E-state index is 12.4. The second-order valence-electron chi connectivity index (χ2n) is 7.07. The number of aromatic amines is 1. The topological polar surface area (TPSA) is 114 Å². The minimum Gasteiger partial charge on any atom is -0.493 e. The zero-order valence-electron chi connectivity index (χ0n) is 16.9. The molecule has 0 aliphatic carbocycles. The predicted octanol–water partition coefficient (Wildman–Crippen LogP) is 2.24. The molecule has 0 atom stereocenters. The first-order valence-electron chi connectivity index (χ1n) is 9.24. The summed E-state index contributed by atoms with van der Waals surface area (Å²) >= 11 is 3.43. The Morgan fingerprint density at radius 2 is 1.71 bits per heavy atom. The molecule has 2 aromatic carbocycles. The maximum absolute atomic E-state index is 12.4. The van der Waals surface area contributed by atoms with Gasteiger partial charge in [0.15, 0.2) is 0 Å². The first-order chi connectivity index (χ1) is 14.7. The predicted molar refractivity (Wildman–Crippen MR) is 122 cm³/mol. The Morgan fingerprint density at radius 1 is 1.06 bits per heavy atom. The first kappa shape index (κ1) is 20.6. The molecule has 2 aromatic heterocycles. The molecule has 4 aromatic rings. The van der Waals surface area contributed by atoms with Gasteiger partial charge in [0, 0.05) is 24.8 Å². The van der Waals surface area contributed by atoms with Crippen LogP contribution in [-0.2, 0) is 14.1 Å². The highest BCUT2D eigenvalue weighted by Gasteiger charge is 2.16. The average molecular weight is 484 g/mol. The number of H-pyrrole nitrogens is 1. The fraction of sp³-hybridized carbons (Fsp3) is 0.143. The molecule has 2 heterocycles. The average Bonchev–Trinajstić information content (AvgIpc) is 2.92. The summed E-state index contributed by atoms with van der Waals surface area (Å²) in [6.07, 6.45) is 1.19. The summed E-state index contributed by atoms with van der Waals surface area (Å²) in [5.74, 6) is -0.517. The molecule has 0 spiro atoms. The van der Waals surface area contributed by atoms with Crippen molar-refractivity contribution in [2.75, 3.05) is 0 Å². The number of imidazole rings is 1. The molecule has 2 N–H and O–H groups in total. The van der Waals surface area contributed by atoms with Gasteiger partial charge in [0.2, 0.25) is 5.88 Å². The van der Waals surface area contributed by atoms with Crippen molar-refractivity contribution in [3.8, 4) is 11.6 Å². The number of rotatable bonds is 3. The standard InChI is InChI=1S/C21H18BrN5O4/c1-11-6-4-5-7-15(11)27-19(29)12(18(28)24-20(27)30)10-23-14-9-17-16(8-13(14)22)25(2)21(31)26(17)3/h4-10,29H,1-3H3,(H,24,28,30). The van der Waals surface area contributed by atoms with E-state index in [2.05, 4.69) is 25.9 Å². The van der Waals surface area contributed by atoms with E-state index < -0.39 is 17.1 Å². The van der Waals surface area contributed by atoms with Gasteiger partial charge in [0.05, 0.1) is 22.4 Å². The molecule has 0 saturated carbocycles. The Bertz CT molecular complexity index is 1560. The zero-order valence-corrected chi connectivity index (χ0v) is 18.5. The van der Waals surface area contributed by atoms with Gasteiger partial charge in [0.1, 0.15) is 5.56 Å². The number of nitrogens with one attached hydrogen (secondary N) is 1. The molecule has 9 nitrogen and oxygen atoms in total. The van der Waals surface area contributed by atoms with Gasteiger partial charge in [-0.1, -0.05) is 18.2 Å². The van der Waals surface area contributed by atoms with Crippen molar-refractivity contribution in [1.82, 2.24) is 18.7 Å². The summed E-state index contributed by atoms with van der Waals surface area (Å²) in [7, 11) is 3.33. The van der Waals surface area contributed by atoms with Gasteiger partial charge in [-0.25, -0.2) is 14.2 Å². The van der Waals surface area contributed by atoms with E-state index in [-0.39, 0.29) is 11.3 Å². The largest absolute Gasteiger partial charge is 0.493 e. The second kappa shape index (κ2) is 7.55. The molecule has 4 rings (SSSR count). The second-order valence-corrected chi connectivity index (χ2v) is 7.92. The first-order valence-corrected chi connectivity index (χ1v) is 10.0. The van der Waals surface area contributed by atoms with Gasteiger partial charge < -0.3 is 5.11 Å². The van der Waals surface area contributed by atoms with Crippen LogP contribution in [0.4, 0.5) is 5.69 Å². The number of halogens is 1. The number of aromatic nitrogens is 4. The van der Waals surface area contributed by atoms with Crippen molar-refractivity contribution in [2.24, 2.45) is 19.1 Å². The van der Waals surface area contributed by atoms with E-state index in [1.807, 2.05) is 0 Å². The van der Waals surface area contributed by atoms with Crippen molar-refractivity contribution >= 4 is 38.9 Å². The third kappa shape index (κ3) is 3.34. The third-order valence-corrected chi connectivity index (χ3v) is 5.79. The van der Waals surface area contributed by atoms with E-state index in [1.54, 1.807) is 57.4 Å². The number of aliphatic imine (C=N–C) groups is 1. The van der Waals surface area contributed by atoms with Crippen molar-refractivity contribution in [3.63, 3.8) is 0 Å². The molecule has 31 heavy (non-hydrogen) atoms. The van der Waals surface area contributed by atoms with Crippen LogP contribution >= 0.6 is 15.9 Å². The summed E-state index contributed by atoms with van der Waals surface area (Å²) in [6, 6.07) is 10.4. The molecule has 0 amide bonds. The van der Waals surface area contributed by atoms with Crippen LogP contribution in [0, 0.1) is 6.92 Å². The summed E-state index contributed by atoms with van der Waals surface area (Å²) in [5, 5.41) is 10.7. The third-order valence-electron chi connectivity index (χ3n) is 5.15. The smallest absolute Gasteiger partial charge is 0.335 e. The van der Waals surface area contributed by atoms with E-state index in [9.17, 15) is 19.5 Å². The molecule has 0 radical (unpaired) electrons. The van der Waals surface area contributed by atoms with Gasteiger partial charge in [-0.2, -0.15) is 0 Å². The lowest BCUT2D eigenvalue weighted by Gasteiger charge is -2.11. The molecule has 0 aliphatic rings. The van der Waals surface area contributed by atoms with Crippen LogP contribution in [0.5, 0.6) is 5.88 Å². The molecule has 0 unspecified atom stereocenters. The molecule has 158 valence electrons. The highest BCUT2D eigenvalue weighted by atomic mass is 79.9. The monoisotopic (exact) mass is 483 g/mol. The number of nitrogens with zero attached hydrogens (tertiary/aromatic N) is 4. The van der Waals surface area contributed by atoms with Gasteiger partial charge >= 0.3 is 11.4 Å². The fourth-order valence-corrected chi connectivity index (χ4v) is 3.87. The SMILES string of the molecule is Cc1ccccc1-n1c(O)c(C=Nc2cc3c(cc2Br)n(C)c(=O)n3C)c(=O)[nH]c1=O. The summed E-state index contributed by atoms with van der Waals surface area (Å²) in [5.41, 5.74) is 1.14. The molecule has 10 heteroatoms. The highest BCUT2D eigenvalue weighted by molar-refractivity contribution is 9.10. The lowest BCUT2D eigenvalue weighted by atomic mass is 10.2. The normalized spacial score (nSPS) is 11.6. The van der Waals surface area contributed by atoms with E-state index in [0.717, 1.165) is 10.1 Å². The number of aryl methyl sites for hydroxylation is 3. The van der Waals surface area contributed by atoms with Gasteiger partial charge in [0.25, 0.3) is 5.56 Å². The van der Waals surface area contributed by atoms with Gasteiger partial charge in [-0.05, 0) is 46.6 Å². The molecular formula is C21H18BrN5O4. The molecular weight excluding hydrogens is 466 g/mol. The Labute approximate surface area is 183 Å². The number of fused-ring (bicyclic) bond motifs is 1. The van der Waals surface area contributed by atoms with E-state index in [4.69, 9.17) is 0 Å². The Hall–Kier alpha value is -3.66. The summed E-state index contributed by atoms with van der Waals surface area (Å²) < 4.78 is 4.63. The van der Waals surface area contributed by atoms with E-state index in [0.29, 0.717) is 26.9 Å². The fourth-order valence-electron chi connectivity index (χ4n) is 3.43. The van der Waals surface area contributed by atoms with E-state index >= 15 is 0 Å². The van der Waals surface area contributed by atoms with Crippen molar-refractivity contribution in [3.05, 3.63) is 83.3 Å². The van der Waals surface area contributed by atoms with Crippen LogP contribution in [-0.4, -0.2) is 30.0 Å². The molecule has 0 fully saturated rings. The summed E-state index contributed by atoms with van der Waals surface area (Å²) in [4.78, 5) is 43.5. The molecule has 0 bridgehead atoms. The number of benzene rings is 2. The number of hydrogen-bond donors (Lipinski definition) is 2. The van der Waals surface area contributed by atoms with Crippen LogP contribution in [0.2, 0.25) is 0 Å². The summed E-state index contributed by atoms with van der Waals surface area (Å²) in [6.45, 7) is 1.79. The minimum absolute atomic E-state index is 0.170.